The molecule has 0 aliphatic heterocycles. The maximum absolute atomic E-state index is 13.3. The molecule has 0 aliphatic rings. The van der Waals surface area contributed by atoms with E-state index in [0.29, 0.717) is 5.52 Å². The van der Waals surface area contributed by atoms with Crippen molar-refractivity contribution in [3.8, 4) is 11.1 Å². The second-order valence-corrected chi connectivity index (χ2v) is 7.50. The number of benzene rings is 2. The van der Waals surface area contributed by atoms with Crippen molar-refractivity contribution in [1.82, 2.24) is 15.0 Å². The highest BCUT2D eigenvalue weighted by Gasteiger charge is 2.15. The van der Waals surface area contributed by atoms with Crippen LogP contribution in [0.3, 0.4) is 0 Å². The van der Waals surface area contributed by atoms with E-state index in [0.717, 1.165) is 16.5 Å². The standard InChI is InChI=1S/C18H18FN3O3S/c1-20-18(23)8-9-22-26(24,25)14-5-2-12(3-6-14)16-11-21-17-10-13(19)4-7-15(16)17/h2-7,10-11,21-22H,8-9H2,1H3,(H,20,23). The summed E-state index contributed by atoms with van der Waals surface area (Å²) in [5, 5.41) is 3.28. The molecule has 0 atom stereocenters. The van der Waals surface area contributed by atoms with Gasteiger partial charge in [0.15, 0.2) is 0 Å². The third-order valence-electron chi connectivity index (χ3n) is 4.04. The molecule has 3 aromatic rings. The predicted octanol–water partition coefficient (Wildman–Crippen LogP) is 2.39. The normalized spacial score (nSPS) is 11.6. The maximum Gasteiger partial charge on any atom is 0.240 e. The first-order valence-corrected chi connectivity index (χ1v) is 9.46. The number of hydrogen-bond donors (Lipinski definition) is 3. The van der Waals surface area contributed by atoms with Crippen molar-refractivity contribution in [3.05, 3.63) is 54.5 Å². The van der Waals surface area contributed by atoms with Gasteiger partial charge in [0.05, 0.1) is 4.90 Å². The molecular weight excluding hydrogens is 357 g/mol. The van der Waals surface area contributed by atoms with Crippen molar-refractivity contribution in [1.29, 1.82) is 0 Å². The van der Waals surface area contributed by atoms with E-state index in [2.05, 4.69) is 15.0 Å². The molecule has 0 saturated carbocycles. The Morgan fingerprint density at radius 1 is 1.15 bits per heavy atom. The SMILES string of the molecule is CNC(=O)CCNS(=O)(=O)c1ccc(-c2c[nH]c3cc(F)ccc23)cc1. The monoisotopic (exact) mass is 375 g/mol. The highest BCUT2D eigenvalue weighted by atomic mass is 32.2. The van der Waals surface area contributed by atoms with Crippen LogP contribution in [-0.2, 0) is 14.8 Å². The van der Waals surface area contributed by atoms with Crippen LogP contribution in [-0.4, -0.2) is 32.9 Å². The summed E-state index contributed by atoms with van der Waals surface area (Å²) in [5.74, 6) is -0.561. The van der Waals surface area contributed by atoms with Gasteiger partial charge in [0.25, 0.3) is 0 Å². The zero-order valence-corrected chi connectivity index (χ0v) is 14.9. The Labute approximate surface area is 150 Å². The molecule has 3 N–H and O–H groups in total. The highest BCUT2D eigenvalue weighted by Crippen LogP contribution is 2.29. The van der Waals surface area contributed by atoms with Crippen molar-refractivity contribution in [3.63, 3.8) is 0 Å². The molecule has 26 heavy (non-hydrogen) atoms. The van der Waals surface area contributed by atoms with E-state index in [1.807, 2.05) is 0 Å². The predicted molar refractivity (Wildman–Crippen MR) is 97.6 cm³/mol. The lowest BCUT2D eigenvalue weighted by molar-refractivity contribution is -0.120. The number of nitrogens with one attached hydrogen (secondary N) is 3. The van der Waals surface area contributed by atoms with Gasteiger partial charge in [-0.1, -0.05) is 12.1 Å². The number of carbonyl (C=O) groups is 1. The number of amides is 1. The lowest BCUT2D eigenvalue weighted by Gasteiger charge is -2.07. The fourth-order valence-corrected chi connectivity index (χ4v) is 3.69. The van der Waals surface area contributed by atoms with Gasteiger partial charge in [0.2, 0.25) is 15.9 Å². The molecule has 8 heteroatoms. The molecule has 0 bridgehead atoms. The van der Waals surface area contributed by atoms with Crippen LogP contribution in [0.5, 0.6) is 0 Å². The molecule has 2 aromatic carbocycles. The molecule has 1 heterocycles. The van der Waals surface area contributed by atoms with Crippen LogP contribution < -0.4 is 10.0 Å². The van der Waals surface area contributed by atoms with Crippen LogP contribution >= 0.6 is 0 Å². The summed E-state index contributed by atoms with van der Waals surface area (Å²) in [6.45, 7) is 0.0256. The molecule has 0 fully saturated rings. The van der Waals surface area contributed by atoms with Gasteiger partial charge >= 0.3 is 0 Å². The molecule has 136 valence electrons. The number of H-pyrrole nitrogens is 1. The Balaban J connectivity index is 1.80. The number of rotatable bonds is 6. The van der Waals surface area contributed by atoms with E-state index in [4.69, 9.17) is 0 Å². The molecular formula is C18H18FN3O3S. The fourth-order valence-electron chi connectivity index (χ4n) is 2.66. The summed E-state index contributed by atoms with van der Waals surface area (Å²) < 4.78 is 40.2. The summed E-state index contributed by atoms with van der Waals surface area (Å²) in [6, 6.07) is 10.9. The van der Waals surface area contributed by atoms with E-state index in [-0.39, 0.29) is 29.6 Å². The van der Waals surface area contributed by atoms with Crippen LogP contribution in [0, 0.1) is 5.82 Å². The molecule has 0 aliphatic carbocycles. The molecule has 3 rings (SSSR count). The largest absolute Gasteiger partial charge is 0.360 e. The van der Waals surface area contributed by atoms with Gasteiger partial charge in [-0.3, -0.25) is 4.79 Å². The fraction of sp³-hybridized carbons (Fsp3) is 0.167. The molecule has 0 radical (unpaired) electrons. The topological polar surface area (TPSA) is 91.1 Å². The Morgan fingerprint density at radius 2 is 1.88 bits per heavy atom. The Hall–Kier alpha value is -2.71. The molecule has 0 unspecified atom stereocenters. The van der Waals surface area contributed by atoms with Gasteiger partial charge < -0.3 is 10.3 Å². The quantitative estimate of drug-likeness (QED) is 0.618. The second-order valence-electron chi connectivity index (χ2n) is 5.74. The van der Waals surface area contributed by atoms with Crippen molar-refractivity contribution in [2.45, 2.75) is 11.3 Å². The van der Waals surface area contributed by atoms with Crippen LogP contribution in [0.25, 0.3) is 22.0 Å². The maximum atomic E-state index is 13.3. The number of carbonyl (C=O) groups excluding carboxylic acids is 1. The first-order chi connectivity index (χ1) is 12.4. The summed E-state index contributed by atoms with van der Waals surface area (Å²) in [6.07, 6.45) is 1.83. The lowest BCUT2D eigenvalue weighted by Crippen LogP contribution is -2.29. The number of sulfonamides is 1. The van der Waals surface area contributed by atoms with Gasteiger partial charge in [-0.15, -0.1) is 0 Å². The van der Waals surface area contributed by atoms with Crippen LogP contribution in [0.4, 0.5) is 4.39 Å². The summed E-state index contributed by atoms with van der Waals surface area (Å²) in [5.41, 5.74) is 2.34. The summed E-state index contributed by atoms with van der Waals surface area (Å²) in [4.78, 5) is 14.3. The van der Waals surface area contributed by atoms with Crippen molar-refractivity contribution in [2.75, 3.05) is 13.6 Å². The van der Waals surface area contributed by atoms with E-state index < -0.39 is 10.0 Å². The van der Waals surface area contributed by atoms with Crippen molar-refractivity contribution >= 4 is 26.8 Å². The van der Waals surface area contributed by atoms with E-state index in [9.17, 15) is 17.6 Å². The van der Waals surface area contributed by atoms with Crippen molar-refractivity contribution < 1.29 is 17.6 Å². The first kappa shape index (κ1) is 18.1. The third-order valence-corrected chi connectivity index (χ3v) is 5.52. The van der Waals surface area contributed by atoms with Gasteiger partial charge in [-0.05, 0) is 35.9 Å². The minimum Gasteiger partial charge on any atom is -0.360 e. The summed E-state index contributed by atoms with van der Waals surface area (Å²) in [7, 11) is -2.19. The van der Waals surface area contributed by atoms with Gasteiger partial charge in [0.1, 0.15) is 5.82 Å². The second kappa shape index (κ2) is 7.27. The average molecular weight is 375 g/mol. The third kappa shape index (κ3) is 3.76. The minimum absolute atomic E-state index is 0.0256. The van der Waals surface area contributed by atoms with E-state index in [1.165, 1.54) is 31.3 Å². The van der Waals surface area contributed by atoms with E-state index >= 15 is 0 Å². The Morgan fingerprint density at radius 3 is 2.58 bits per heavy atom. The zero-order valence-electron chi connectivity index (χ0n) is 14.0. The Kier molecular flexibility index (Phi) is 5.06. The van der Waals surface area contributed by atoms with Crippen LogP contribution in [0.1, 0.15) is 6.42 Å². The molecule has 1 amide bonds. The number of fused-ring (bicyclic) bond motifs is 1. The summed E-state index contributed by atoms with van der Waals surface area (Å²) >= 11 is 0. The number of aromatic nitrogens is 1. The highest BCUT2D eigenvalue weighted by molar-refractivity contribution is 7.89. The Bertz CT molecular complexity index is 1040. The van der Waals surface area contributed by atoms with Gasteiger partial charge in [-0.2, -0.15) is 0 Å². The van der Waals surface area contributed by atoms with Crippen LogP contribution in [0.2, 0.25) is 0 Å². The van der Waals surface area contributed by atoms with Gasteiger partial charge in [-0.25, -0.2) is 17.5 Å². The smallest absolute Gasteiger partial charge is 0.240 e. The zero-order chi connectivity index (χ0) is 18.7. The van der Waals surface area contributed by atoms with E-state index in [1.54, 1.807) is 24.4 Å². The van der Waals surface area contributed by atoms with Crippen LogP contribution in [0.15, 0.2) is 53.6 Å². The minimum atomic E-state index is -3.69. The van der Waals surface area contributed by atoms with Crippen molar-refractivity contribution in [2.24, 2.45) is 0 Å². The molecule has 6 nitrogen and oxygen atoms in total. The number of halogens is 1. The lowest BCUT2D eigenvalue weighted by atomic mass is 10.1. The molecule has 1 aromatic heterocycles. The molecule has 0 spiro atoms. The van der Waals surface area contributed by atoms with Gasteiger partial charge in [0, 0.05) is 42.7 Å². The number of hydrogen-bond acceptors (Lipinski definition) is 3. The first-order valence-electron chi connectivity index (χ1n) is 7.98. The molecule has 0 saturated heterocycles. The number of aromatic amines is 1. The average Bonchev–Trinajstić information content (AvgIpc) is 3.04.